The summed E-state index contributed by atoms with van der Waals surface area (Å²) in [5.41, 5.74) is 5.43. The summed E-state index contributed by atoms with van der Waals surface area (Å²) in [6, 6.07) is 0. The fourth-order valence-corrected chi connectivity index (χ4v) is 2.29. The van der Waals surface area contributed by atoms with Crippen LogP contribution in [-0.4, -0.2) is 29.4 Å². The molecule has 0 aromatic rings. The highest BCUT2D eigenvalue weighted by Crippen LogP contribution is 2.13. The van der Waals surface area contributed by atoms with E-state index in [4.69, 9.17) is 5.73 Å². The number of nitrogens with two attached hydrogens (primary N) is 1. The van der Waals surface area contributed by atoms with E-state index < -0.39 is 5.54 Å². The van der Waals surface area contributed by atoms with Crippen molar-refractivity contribution in [2.24, 2.45) is 5.73 Å². The molecule has 2 N–H and O–H groups in total. The Morgan fingerprint density at radius 3 is 1.70 bits per heavy atom. The smallest absolute Gasteiger partial charge is 0.242 e. The molecule has 1 unspecified atom stereocenters. The Bertz CT molecular complexity index is 239. The minimum absolute atomic E-state index is 0.132. The third-order valence-electron chi connectivity index (χ3n) is 4.07. The van der Waals surface area contributed by atoms with Crippen LogP contribution in [0.25, 0.3) is 0 Å². The third-order valence-corrected chi connectivity index (χ3v) is 4.07. The lowest BCUT2D eigenvalue weighted by Crippen LogP contribution is -2.53. The number of carbonyl (C=O) groups is 1. The van der Waals surface area contributed by atoms with E-state index >= 15 is 0 Å². The highest BCUT2D eigenvalue weighted by molar-refractivity contribution is 5.85. The first-order chi connectivity index (χ1) is 9.49. The third kappa shape index (κ3) is 7.88. The molecule has 0 spiro atoms. The maximum absolute atomic E-state index is 12.5. The number of nitrogens with zero attached hydrogens (tertiary/aromatic N) is 1. The van der Waals surface area contributed by atoms with Crippen LogP contribution >= 0.6 is 0 Å². The number of unbranched alkanes of at least 4 members (excludes halogenated alkanes) is 6. The van der Waals surface area contributed by atoms with Gasteiger partial charge < -0.3 is 10.6 Å². The zero-order valence-corrected chi connectivity index (χ0v) is 14.2. The summed E-state index contributed by atoms with van der Waals surface area (Å²) in [4.78, 5) is 14.5. The van der Waals surface area contributed by atoms with Crippen LogP contribution in [0.2, 0.25) is 0 Å². The van der Waals surface area contributed by atoms with Crippen LogP contribution in [0.4, 0.5) is 0 Å². The second-order valence-electron chi connectivity index (χ2n) is 6.18. The lowest BCUT2D eigenvalue weighted by molar-refractivity contribution is -0.136. The normalized spacial score (nSPS) is 14.1. The van der Waals surface area contributed by atoms with Gasteiger partial charge in [-0.2, -0.15) is 0 Å². The molecule has 0 heterocycles. The fraction of sp³-hybridized carbons (Fsp3) is 0.941. The number of amides is 1. The number of hydrogen-bond donors (Lipinski definition) is 1. The molecule has 0 aromatic carbocycles. The van der Waals surface area contributed by atoms with Crippen molar-refractivity contribution in [2.75, 3.05) is 13.1 Å². The molecule has 0 aliphatic carbocycles. The average Bonchev–Trinajstić information content (AvgIpc) is 2.45. The summed E-state index contributed by atoms with van der Waals surface area (Å²) >= 11 is 0. The van der Waals surface area contributed by atoms with Crippen molar-refractivity contribution >= 4 is 5.91 Å². The predicted octanol–water partition coefficient (Wildman–Crippen LogP) is 4.10. The highest BCUT2D eigenvalue weighted by atomic mass is 16.2. The predicted molar refractivity (Wildman–Crippen MR) is 87.7 cm³/mol. The van der Waals surface area contributed by atoms with E-state index in [2.05, 4.69) is 13.8 Å². The van der Waals surface area contributed by atoms with E-state index in [9.17, 15) is 4.79 Å². The van der Waals surface area contributed by atoms with Crippen molar-refractivity contribution in [2.45, 2.75) is 91.0 Å². The Balaban J connectivity index is 4.33. The Kier molecular flexibility index (Phi) is 10.8. The first-order valence-corrected chi connectivity index (χ1v) is 8.57. The quantitative estimate of drug-likeness (QED) is 0.548. The van der Waals surface area contributed by atoms with Crippen molar-refractivity contribution in [3.63, 3.8) is 0 Å². The Labute approximate surface area is 126 Å². The molecule has 0 aliphatic heterocycles. The van der Waals surface area contributed by atoms with Gasteiger partial charge in [-0.3, -0.25) is 4.79 Å². The van der Waals surface area contributed by atoms with Gasteiger partial charge in [0, 0.05) is 13.1 Å². The van der Waals surface area contributed by atoms with Gasteiger partial charge >= 0.3 is 0 Å². The molecule has 0 aliphatic rings. The van der Waals surface area contributed by atoms with Crippen LogP contribution in [0.15, 0.2) is 0 Å². The van der Waals surface area contributed by atoms with Crippen molar-refractivity contribution in [3.8, 4) is 0 Å². The van der Waals surface area contributed by atoms with Crippen molar-refractivity contribution < 1.29 is 4.79 Å². The zero-order chi connectivity index (χ0) is 15.4. The molecular weight excluding hydrogens is 248 g/mol. The Hall–Kier alpha value is -0.570. The molecule has 1 atom stereocenters. The van der Waals surface area contributed by atoms with Crippen LogP contribution in [0, 0.1) is 0 Å². The summed E-state index contributed by atoms with van der Waals surface area (Å²) in [6.07, 6.45) is 10.3. The second kappa shape index (κ2) is 11.1. The van der Waals surface area contributed by atoms with Gasteiger partial charge in [-0.1, -0.05) is 59.3 Å². The minimum Gasteiger partial charge on any atom is -0.341 e. The monoisotopic (exact) mass is 284 g/mol. The topological polar surface area (TPSA) is 46.3 Å². The van der Waals surface area contributed by atoms with Gasteiger partial charge in [0.1, 0.15) is 0 Å². The first kappa shape index (κ1) is 19.4. The van der Waals surface area contributed by atoms with Gasteiger partial charge in [0.15, 0.2) is 0 Å². The van der Waals surface area contributed by atoms with Crippen molar-refractivity contribution in [1.82, 2.24) is 4.90 Å². The van der Waals surface area contributed by atoms with Gasteiger partial charge in [0.25, 0.3) is 0 Å². The molecule has 0 radical (unpaired) electrons. The van der Waals surface area contributed by atoms with E-state index in [1.807, 2.05) is 18.7 Å². The van der Waals surface area contributed by atoms with Crippen LogP contribution in [0.1, 0.15) is 85.5 Å². The SMILES string of the molecule is CCCCCCN(CCCCCC)C(=O)C(C)(N)CC. The molecule has 0 saturated carbocycles. The summed E-state index contributed by atoms with van der Waals surface area (Å²) in [6.45, 7) is 10.0. The molecule has 0 rings (SSSR count). The van der Waals surface area contributed by atoms with Gasteiger partial charge in [-0.05, 0) is 26.2 Å². The summed E-state index contributed by atoms with van der Waals surface area (Å²) in [5.74, 6) is 0.132. The minimum atomic E-state index is -0.699. The van der Waals surface area contributed by atoms with E-state index in [1.54, 1.807) is 0 Å². The Morgan fingerprint density at radius 1 is 0.900 bits per heavy atom. The number of carbonyl (C=O) groups excluding carboxylic acids is 1. The Morgan fingerprint density at radius 2 is 1.35 bits per heavy atom. The molecule has 20 heavy (non-hydrogen) atoms. The summed E-state index contributed by atoms with van der Waals surface area (Å²) in [7, 11) is 0. The zero-order valence-electron chi connectivity index (χ0n) is 14.2. The molecule has 120 valence electrons. The van der Waals surface area contributed by atoms with Crippen LogP contribution in [0.5, 0.6) is 0 Å². The van der Waals surface area contributed by atoms with Gasteiger partial charge in [-0.25, -0.2) is 0 Å². The van der Waals surface area contributed by atoms with Crippen molar-refractivity contribution in [3.05, 3.63) is 0 Å². The molecule has 0 saturated heterocycles. The molecule has 0 aromatic heterocycles. The fourth-order valence-electron chi connectivity index (χ4n) is 2.29. The van der Waals surface area contributed by atoms with Gasteiger partial charge in [-0.15, -0.1) is 0 Å². The van der Waals surface area contributed by atoms with E-state index in [0.29, 0.717) is 6.42 Å². The molecule has 1 amide bonds. The molecular formula is C17H36N2O. The average molecular weight is 284 g/mol. The van der Waals surface area contributed by atoms with E-state index in [1.165, 1.54) is 38.5 Å². The standard InChI is InChI=1S/C17H36N2O/c1-5-8-10-12-14-19(15-13-11-9-6-2)16(20)17(4,18)7-3/h5-15,18H2,1-4H3. The van der Waals surface area contributed by atoms with Crippen LogP contribution in [0.3, 0.4) is 0 Å². The number of hydrogen-bond acceptors (Lipinski definition) is 2. The first-order valence-electron chi connectivity index (χ1n) is 8.57. The van der Waals surface area contributed by atoms with Gasteiger partial charge in [0.2, 0.25) is 5.91 Å². The van der Waals surface area contributed by atoms with E-state index in [0.717, 1.165) is 25.9 Å². The lowest BCUT2D eigenvalue weighted by atomic mass is 9.98. The van der Waals surface area contributed by atoms with Crippen molar-refractivity contribution in [1.29, 1.82) is 0 Å². The largest absolute Gasteiger partial charge is 0.341 e. The molecule has 0 bridgehead atoms. The molecule has 3 heteroatoms. The maximum Gasteiger partial charge on any atom is 0.242 e. The van der Waals surface area contributed by atoms with Gasteiger partial charge in [0.05, 0.1) is 5.54 Å². The molecule has 3 nitrogen and oxygen atoms in total. The summed E-state index contributed by atoms with van der Waals surface area (Å²) < 4.78 is 0. The van der Waals surface area contributed by atoms with Crippen LogP contribution < -0.4 is 5.73 Å². The summed E-state index contributed by atoms with van der Waals surface area (Å²) in [5, 5.41) is 0. The maximum atomic E-state index is 12.5. The lowest BCUT2D eigenvalue weighted by Gasteiger charge is -2.31. The number of rotatable bonds is 12. The van der Waals surface area contributed by atoms with Crippen LogP contribution in [-0.2, 0) is 4.79 Å². The van der Waals surface area contributed by atoms with E-state index in [-0.39, 0.29) is 5.91 Å². The second-order valence-corrected chi connectivity index (χ2v) is 6.18. The highest BCUT2D eigenvalue weighted by Gasteiger charge is 2.30. The molecule has 0 fully saturated rings.